The number of rotatable bonds is 8. The minimum Gasteiger partial charge on any atom is -0.508 e. The fourth-order valence-electron chi connectivity index (χ4n) is 5.06. The van der Waals surface area contributed by atoms with Crippen molar-refractivity contribution in [3.05, 3.63) is 65.9 Å². The molecule has 7 nitrogen and oxygen atoms in total. The number of piperidine rings is 1. The van der Waals surface area contributed by atoms with Crippen LogP contribution in [0.4, 0.5) is 0 Å². The quantitative estimate of drug-likeness (QED) is 0.408. The number of nitrogens with one attached hydrogen (secondary N) is 2. The molecule has 7 heteroatoms. The van der Waals surface area contributed by atoms with E-state index in [0.29, 0.717) is 12.5 Å². The molecular weight excluding hydrogens is 430 g/mol. The summed E-state index contributed by atoms with van der Waals surface area (Å²) in [5.41, 5.74) is 2.92. The van der Waals surface area contributed by atoms with Crippen LogP contribution in [0.25, 0.3) is 10.9 Å². The number of carbonyl (C=O) groups excluding carboxylic acids is 1. The van der Waals surface area contributed by atoms with Gasteiger partial charge in [0.15, 0.2) is 0 Å². The van der Waals surface area contributed by atoms with Gasteiger partial charge < -0.3 is 25.4 Å². The van der Waals surface area contributed by atoms with Gasteiger partial charge in [-0.2, -0.15) is 0 Å². The molecule has 180 valence electrons. The lowest BCUT2D eigenvalue weighted by molar-refractivity contribution is -0.141. The van der Waals surface area contributed by atoms with Crippen LogP contribution in [0.15, 0.2) is 54.7 Å². The van der Waals surface area contributed by atoms with Crippen molar-refractivity contribution in [2.45, 2.75) is 44.6 Å². The van der Waals surface area contributed by atoms with E-state index in [1.54, 1.807) is 6.07 Å². The normalized spacial score (nSPS) is 21.9. The summed E-state index contributed by atoms with van der Waals surface area (Å²) in [5, 5.41) is 23.2. The molecule has 0 spiro atoms. The lowest BCUT2D eigenvalue weighted by Crippen LogP contribution is -2.48. The summed E-state index contributed by atoms with van der Waals surface area (Å²) < 4.78 is 0. The number of amides is 1. The molecule has 1 saturated heterocycles. The number of phenols is 1. The second-order valence-electron chi connectivity index (χ2n) is 9.69. The second kappa shape index (κ2) is 9.89. The van der Waals surface area contributed by atoms with Crippen molar-refractivity contribution in [2.75, 3.05) is 19.6 Å². The number of H-pyrrole nitrogens is 1. The Labute approximate surface area is 199 Å². The zero-order valence-corrected chi connectivity index (χ0v) is 19.8. The largest absolute Gasteiger partial charge is 0.508 e. The molecule has 0 saturated carbocycles. The summed E-state index contributed by atoms with van der Waals surface area (Å²) in [5.74, 6) is -0.654. The average Bonchev–Trinajstić information content (AvgIpc) is 3.22. The van der Waals surface area contributed by atoms with Crippen LogP contribution in [0.1, 0.15) is 37.8 Å². The smallest absolute Gasteiger partial charge is 0.326 e. The molecule has 0 aliphatic carbocycles. The highest BCUT2D eigenvalue weighted by Crippen LogP contribution is 2.40. The van der Waals surface area contributed by atoms with Gasteiger partial charge in [-0.05, 0) is 53.6 Å². The zero-order chi connectivity index (χ0) is 24.3. The molecular formula is C27H33N3O4. The topological polar surface area (TPSA) is 106 Å². The highest BCUT2D eigenvalue weighted by atomic mass is 16.4. The Balaban J connectivity index is 1.31. The van der Waals surface area contributed by atoms with E-state index in [4.69, 9.17) is 0 Å². The van der Waals surface area contributed by atoms with Crippen LogP contribution in [0.2, 0.25) is 0 Å². The number of aromatic amines is 1. The van der Waals surface area contributed by atoms with Crippen molar-refractivity contribution >= 4 is 22.8 Å². The maximum Gasteiger partial charge on any atom is 0.326 e. The highest BCUT2D eigenvalue weighted by molar-refractivity contribution is 5.86. The number of benzene rings is 2. The molecule has 0 unspecified atom stereocenters. The number of fused-ring (bicyclic) bond motifs is 1. The number of nitrogens with zero attached hydrogens (tertiary/aromatic N) is 1. The summed E-state index contributed by atoms with van der Waals surface area (Å²) in [6.45, 7) is 6.72. The lowest BCUT2D eigenvalue weighted by atomic mass is 9.68. The molecule has 2 aromatic carbocycles. The number of carboxylic acids is 1. The van der Waals surface area contributed by atoms with Gasteiger partial charge in [0.05, 0.1) is 0 Å². The number of phenolic OH excluding ortho intramolecular Hbond substituents is 1. The van der Waals surface area contributed by atoms with E-state index in [-0.39, 0.29) is 29.9 Å². The van der Waals surface area contributed by atoms with Crippen molar-refractivity contribution in [3.8, 4) is 5.75 Å². The number of aromatic nitrogens is 1. The SMILES string of the molecule is C[C@H]1CN(CCC(=O)N[C@@H](Cc2c[nH]c3ccccc23)C(=O)O)CC[C@@]1(C)c1cccc(O)c1. The van der Waals surface area contributed by atoms with Gasteiger partial charge in [0.25, 0.3) is 0 Å². The minimum atomic E-state index is -1.04. The molecule has 3 aromatic rings. The molecule has 0 radical (unpaired) electrons. The van der Waals surface area contributed by atoms with Gasteiger partial charge in [0, 0.05) is 43.0 Å². The number of likely N-dealkylation sites (tertiary alicyclic amines) is 1. The standard InChI is InChI=1S/C27H33N3O4/c1-18-17-30(13-11-27(18,2)20-6-5-7-21(31)15-20)12-10-25(32)29-24(26(33)34)14-19-16-28-23-9-4-3-8-22(19)23/h3-9,15-16,18,24,28,31H,10-14,17H2,1-2H3,(H,29,32)(H,33,34)/t18-,24-,27+/m0/s1. The summed E-state index contributed by atoms with van der Waals surface area (Å²) in [7, 11) is 0. The second-order valence-corrected chi connectivity index (χ2v) is 9.69. The lowest BCUT2D eigenvalue weighted by Gasteiger charge is -2.45. The Kier molecular flexibility index (Phi) is 6.93. The summed E-state index contributed by atoms with van der Waals surface area (Å²) >= 11 is 0. The van der Waals surface area contributed by atoms with Gasteiger partial charge in [-0.15, -0.1) is 0 Å². The molecule has 2 heterocycles. The van der Waals surface area contributed by atoms with E-state index in [1.165, 1.54) is 0 Å². The van der Waals surface area contributed by atoms with Gasteiger partial charge in [0.1, 0.15) is 11.8 Å². The molecule has 1 fully saturated rings. The van der Waals surface area contributed by atoms with Crippen molar-refractivity contribution in [1.82, 2.24) is 15.2 Å². The average molecular weight is 464 g/mol. The van der Waals surface area contributed by atoms with E-state index < -0.39 is 12.0 Å². The first-order chi connectivity index (χ1) is 16.3. The fraction of sp³-hybridized carbons (Fsp3) is 0.407. The predicted molar refractivity (Wildman–Crippen MR) is 132 cm³/mol. The van der Waals surface area contributed by atoms with Gasteiger partial charge in [-0.1, -0.05) is 44.2 Å². The van der Waals surface area contributed by atoms with E-state index in [9.17, 15) is 19.8 Å². The van der Waals surface area contributed by atoms with Gasteiger partial charge in [0.2, 0.25) is 5.91 Å². The van der Waals surface area contributed by atoms with E-state index >= 15 is 0 Å². The Bertz CT molecular complexity index is 1170. The number of hydrogen-bond acceptors (Lipinski definition) is 4. The summed E-state index contributed by atoms with van der Waals surface area (Å²) in [6, 6.07) is 14.2. The third-order valence-electron chi connectivity index (χ3n) is 7.46. The van der Waals surface area contributed by atoms with E-state index in [1.807, 2.05) is 42.6 Å². The molecule has 4 rings (SSSR count). The Morgan fingerprint density at radius 1 is 1.24 bits per heavy atom. The Hall–Kier alpha value is -3.32. The molecule has 34 heavy (non-hydrogen) atoms. The van der Waals surface area contributed by atoms with E-state index in [0.717, 1.165) is 41.5 Å². The Morgan fingerprint density at radius 2 is 2.03 bits per heavy atom. The predicted octanol–water partition coefficient (Wildman–Crippen LogP) is 3.68. The molecule has 1 aromatic heterocycles. The van der Waals surface area contributed by atoms with Crippen LogP contribution >= 0.6 is 0 Å². The highest BCUT2D eigenvalue weighted by Gasteiger charge is 2.38. The van der Waals surface area contributed by atoms with E-state index in [2.05, 4.69) is 35.1 Å². The zero-order valence-electron chi connectivity index (χ0n) is 19.8. The maximum atomic E-state index is 12.6. The first-order valence-electron chi connectivity index (χ1n) is 11.9. The Morgan fingerprint density at radius 3 is 2.76 bits per heavy atom. The molecule has 1 aliphatic rings. The first-order valence-corrected chi connectivity index (χ1v) is 11.9. The maximum absolute atomic E-state index is 12.6. The van der Waals surface area contributed by atoms with Gasteiger partial charge in [-0.3, -0.25) is 4.79 Å². The molecule has 4 N–H and O–H groups in total. The number of hydrogen-bond donors (Lipinski definition) is 4. The summed E-state index contributed by atoms with van der Waals surface area (Å²) in [4.78, 5) is 29.9. The van der Waals surface area contributed by atoms with Crippen LogP contribution in [0, 0.1) is 5.92 Å². The molecule has 1 aliphatic heterocycles. The van der Waals surface area contributed by atoms with Crippen molar-refractivity contribution < 1.29 is 19.8 Å². The van der Waals surface area contributed by atoms with Crippen molar-refractivity contribution in [1.29, 1.82) is 0 Å². The van der Waals surface area contributed by atoms with Crippen LogP contribution in [-0.2, 0) is 21.4 Å². The van der Waals surface area contributed by atoms with Crippen LogP contribution in [0.5, 0.6) is 5.75 Å². The third-order valence-corrected chi connectivity index (χ3v) is 7.46. The summed E-state index contributed by atoms with van der Waals surface area (Å²) in [6.07, 6.45) is 3.23. The monoisotopic (exact) mass is 463 g/mol. The van der Waals surface area contributed by atoms with Crippen LogP contribution in [0.3, 0.4) is 0 Å². The fourth-order valence-corrected chi connectivity index (χ4v) is 5.06. The van der Waals surface area contributed by atoms with Crippen molar-refractivity contribution in [3.63, 3.8) is 0 Å². The number of aliphatic carboxylic acids is 1. The van der Waals surface area contributed by atoms with Crippen molar-refractivity contribution in [2.24, 2.45) is 5.92 Å². The van der Waals surface area contributed by atoms with Crippen LogP contribution in [-0.4, -0.2) is 57.6 Å². The number of para-hydroxylation sites is 1. The van der Waals surface area contributed by atoms with Crippen LogP contribution < -0.4 is 5.32 Å². The van der Waals surface area contributed by atoms with Gasteiger partial charge >= 0.3 is 5.97 Å². The third kappa shape index (κ3) is 5.09. The number of carboxylic acid groups (broad SMARTS) is 1. The first kappa shape index (κ1) is 23.8. The molecule has 1 amide bonds. The molecule has 3 atom stereocenters. The number of aromatic hydroxyl groups is 1. The van der Waals surface area contributed by atoms with Gasteiger partial charge in [-0.25, -0.2) is 4.79 Å². The minimum absolute atomic E-state index is 0.0365. The molecule has 0 bridgehead atoms. The number of carbonyl (C=O) groups is 2.